The normalized spacial score (nSPS) is 14.8. The Balaban J connectivity index is 3.12. The second kappa shape index (κ2) is 5.96. The molecule has 1 rings (SSSR count). The van der Waals surface area contributed by atoms with Gasteiger partial charge in [0.15, 0.2) is 15.1 Å². The average molecular weight is 269 g/mol. The van der Waals surface area contributed by atoms with Crippen LogP contribution in [0.25, 0.3) is 0 Å². The minimum atomic E-state index is -3.72. The van der Waals surface area contributed by atoms with Crippen molar-refractivity contribution < 1.29 is 12.8 Å². The van der Waals surface area contributed by atoms with E-state index < -0.39 is 20.9 Å². The van der Waals surface area contributed by atoms with Gasteiger partial charge in [0.1, 0.15) is 5.82 Å². The molecule has 3 nitrogen and oxygen atoms in total. The summed E-state index contributed by atoms with van der Waals surface area (Å²) in [6.45, 7) is 3.69. The maximum Gasteiger partial charge on any atom is 0.194 e. The molecule has 5 heteroatoms. The summed E-state index contributed by atoms with van der Waals surface area (Å²) in [7, 11) is -3.72. The first-order valence-corrected chi connectivity index (χ1v) is 7.37. The minimum absolute atomic E-state index is 0.00148. The number of sulfone groups is 1. The Morgan fingerprint density at radius 2 is 1.89 bits per heavy atom. The molecular formula is C13H16FNO2S. The van der Waals surface area contributed by atoms with Crippen LogP contribution in [0.4, 0.5) is 4.39 Å². The highest BCUT2D eigenvalue weighted by molar-refractivity contribution is 7.92. The van der Waals surface area contributed by atoms with Gasteiger partial charge in [-0.1, -0.05) is 20.3 Å². The van der Waals surface area contributed by atoms with Gasteiger partial charge in [0.25, 0.3) is 0 Å². The van der Waals surface area contributed by atoms with Crippen LogP contribution >= 0.6 is 0 Å². The summed E-state index contributed by atoms with van der Waals surface area (Å²) >= 11 is 0. The third kappa shape index (κ3) is 3.08. The molecule has 0 saturated carbocycles. The van der Waals surface area contributed by atoms with E-state index >= 15 is 0 Å². The molecule has 0 spiro atoms. The molecule has 2 atom stereocenters. The van der Waals surface area contributed by atoms with Crippen LogP contribution in [0.1, 0.15) is 26.7 Å². The van der Waals surface area contributed by atoms with E-state index in [0.717, 1.165) is 18.6 Å². The van der Waals surface area contributed by atoms with Crippen molar-refractivity contribution in [3.05, 3.63) is 30.1 Å². The monoisotopic (exact) mass is 269 g/mol. The predicted octanol–water partition coefficient (Wildman–Crippen LogP) is 2.93. The number of nitrogens with zero attached hydrogens (tertiary/aromatic N) is 1. The average Bonchev–Trinajstić information content (AvgIpc) is 2.30. The van der Waals surface area contributed by atoms with Gasteiger partial charge in [-0.15, -0.1) is 0 Å². The van der Waals surface area contributed by atoms with E-state index in [-0.39, 0.29) is 10.8 Å². The predicted molar refractivity (Wildman–Crippen MR) is 67.1 cm³/mol. The van der Waals surface area contributed by atoms with Gasteiger partial charge in [0, 0.05) is 0 Å². The third-order valence-corrected chi connectivity index (χ3v) is 5.03. The number of benzene rings is 1. The fraction of sp³-hybridized carbons (Fsp3) is 0.462. The zero-order valence-electron chi connectivity index (χ0n) is 10.4. The first kappa shape index (κ1) is 14.7. The number of halogens is 1. The van der Waals surface area contributed by atoms with E-state index in [1.807, 2.05) is 13.0 Å². The van der Waals surface area contributed by atoms with Crippen molar-refractivity contribution in [2.45, 2.75) is 36.8 Å². The molecule has 18 heavy (non-hydrogen) atoms. The number of nitriles is 1. The van der Waals surface area contributed by atoms with Crippen molar-refractivity contribution in [2.75, 3.05) is 0 Å². The van der Waals surface area contributed by atoms with Crippen LogP contribution in [-0.2, 0) is 9.84 Å². The van der Waals surface area contributed by atoms with Crippen LogP contribution in [0.2, 0.25) is 0 Å². The lowest BCUT2D eigenvalue weighted by molar-refractivity contribution is 0.511. The quantitative estimate of drug-likeness (QED) is 0.772. The molecule has 0 N–H and O–H groups in total. The Kier molecular flexibility index (Phi) is 4.85. The summed E-state index contributed by atoms with van der Waals surface area (Å²) in [4.78, 5) is -0.00148. The van der Waals surface area contributed by atoms with Crippen LogP contribution < -0.4 is 0 Å². The molecular weight excluding hydrogens is 253 g/mol. The van der Waals surface area contributed by atoms with Crippen molar-refractivity contribution in [3.63, 3.8) is 0 Å². The van der Waals surface area contributed by atoms with Gasteiger partial charge in [-0.25, -0.2) is 12.8 Å². The molecule has 0 aliphatic rings. The van der Waals surface area contributed by atoms with Crippen molar-refractivity contribution in [2.24, 2.45) is 5.92 Å². The van der Waals surface area contributed by atoms with E-state index in [9.17, 15) is 12.8 Å². The van der Waals surface area contributed by atoms with Gasteiger partial charge in [-0.2, -0.15) is 5.26 Å². The smallest absolute Gasteiger partial charge is 0.194 e. The molecule has 1 aromatic rings. The Labute approximate surface area is 107 Å². The maximum atomic E-state index is 12.8. The number of rotatable bonds is 5. The summed E-state index contributed by atoms with van der Waals surface area (Å²) < 4.78 is 37.3. The molecule has 0 aliphatic carbocycles. The highest BCUT2D eigenvalue weighted by atomic mass is 32.2. The Hall–Kier alpha value is -1.41. The molecule has 2 unspecified atom stereocenters. The molecule has 0 radical (unpaired) electrons. The zero-order valence-corrected chi connectivity index (χ0v) is 11.2. The topological polar surface area (TPSA) is 57.9 Å². The van der Waals surface area contributed by atoms with E-state index in [1.54, 1.807) is 6.92 Å². The maximum absolute atomic E-state index is 12.8. The molecule has 98 valence electrons. The number of hydrogen-bond acceptors (Lipinski definition) is 3. The van der Waals surface area contributed by atoms with E-state index in [4.69, 9.17) is 5.26 Å². The highest BCUT2D eigenvalue weighted by Gasteiger charge is 2.31. The summed E-state index contributed by atoms with van der Waals surface area (Å²) in [5, 5.41) is 7.99. The van der Waals surface area contributed by atoms with Gasteiger partial charge >= 0.3 is 0 Å². The lowest BCUT2D eigenvalue weighted by Crippen LogP contribution is -2.27. The van der Waals surface area contributed by atoms with E-state index in [0.29, 0.717) is 6.42 Å². The van der Waals surface area contributed by atoms with Crippen LogP contribution in [-0.4, -0.2) is 13.7 Å². The van der Waals surface area contributed by atoms with Crippen LogP contribution in [0.5, 0.6) is 0 Å². The zero-order chi connectivity index (χ0) is 13.8. The van der Waals surface area contributed by atoms with Gasteiger partial charge in [0.2, 0.25) is 0 Å². The summed E-state index contributed by atoms with van der Waals surface area (Å²) in [5.41, 5.74) is 0. The van der Waals surface area contributed by atoms with Gasteiger partial charge in [-0.3, -0.25) is 0 Å². The molecule has 0 heterocycles. The summed E-state index contributed by atoms with van der Waals surface area (Å²) in [6.07, 6.45) is 1.48. The van der Waals surface area contributed by atoms with Gasteiger partial charge < -0.3 is 0 Å². The molecule has 0 aromatic heterocycles. The van der Waals surface area contributed by atoms with Crippen molar-refractivity contribution in [1.82, 2.24) is 0 Å². The third-order valence-electron chi connectivity index (χ3n) is 2.86. The molecule has 0 aliphatic heterocycles. The van der Waals surface area contributed by atoms with Gasteiger partial charge in [0.05, 0.1) is 11.0 Å². The van der Waals surface area contributed by atoms with E-state index in [1.165, 1.54) is 12.1 Å². The fourth-order valence-corrected chi connectivity index (χ4v) is 3.58. The van der Waals surface area contributed by atoms with Crippen molar-refractivity contribution >= 4 is 9.84 Å². The second-order valence-electron chi connectivity index (χ2n) is 4.31. The molecule has 0 amide bonds. The summed E-state index contributed by atoms with van der Waals surface area (Å²) in [5.74, 6) is -0.737. The molecule has 0 fully saturated rings. The molecule has 1 aromatic carbocycles. The largest absolute Gasteiger partial charge is 0.222 e. The Bertz CT molecular complexity index is 531. The lowest BCUT2D eigenvalue weighted by atomic mass is 10.0. The number of hydrogen-bond donors (Lipinski definition) is 0. The van der Waals surface area contributed by atoms with Crippen LogP contribution in [0.15, 0.2) is 29.2 Å². The first-order valence-electron chi connectivity index (χ1n) is 5.82. The van der Waals surface area contributed by atoms with Gasteiger partial charge in [-0.05, 0) is 36.6 Å². The van der Waals surface area contributed by atoms with Crippen LogP contribution in [0.3, 0.4) is 0 Å². The van der Waals surface area contributed by atoms with Crippen LogP contribution in [0, 0.1) is 23.1 Å². The molecule has 0 bridgehead atoms. The van der Waals surface area contributed by atoms with Crippen molar-refractivity contribution in [3.8, 4) is 6.07 Å². The second-order valence-corrected chi connectivity index (χ2v) is 6.38. The standard InChI is InChI=1S/C13H16FNO2S/c1-3-4-10(2)13(9-15)18(16,17)12-7-5-11(14)6-8-12/h5-8,10,13H,3-4H2,1-2H3. The van der Waals surface area contributed by atoms with Crippen molar-refractivity contribution in [1.29, 1.82) is 5.26 Å². The minimum Gasteiger partial charge on any atom is -0.222 e. The Morgan fingerprint density at radius 1 is 1.33 bits per heavy atom. The fourth-order valence-electron chi connectivity index (χ4n) is 1.88. The first-order chi connectivity index (χ1) is 8.43. The summed E-state index contributed by atoms with van der Waals surface area (Å²) in [6, 6.07) is 6.44. The SMILES string of the molecule is CCCC(C)C(C#N)S(=O)(=O)c1ccc(F)cc1. The highest BCUT2D eigenvalue weighted by Crippen LogP contribution is 2.24. The van der Waals surface area contributed by atoms with E-state index in [2.05, 4.69) is 0 Å². The Morgan fingerprint density at radius 3 is 2.33 bits per heavy atom. The molecule has 0 saturated heterocycles. The lowest BCUT2D eigenvalue weighted by Gasteiger charge is -2.17.